The first-order chi connectivity index (χ1) is 9.69. The highest BCUT2D eigenvalue weighted by atomic mass is 16.3. The molecular formula is C15H25N3O2. The van der Waals surface area contributed by atoms with Gasteiger partial charge < -0.3 is 10.4 Å². The van der Waals surface area contributed by atoms with E-state index in [-0.39, 0.29) is 12.5 Å². The third-order valence-corrected chi connectivity index (χ3v) is 4.62. The Labute approximate surface area is 120 Å². The van der Waals surface area contributed by atoms with Gasteiger partial charge in [-0.3, -0.25) is 9.69 Å². The van der Waals surface area contributed by atoms with Crippen LogP contribution in [0.2, 0.25) is 0 Å². The molecule has 5 heteroatoms. The summed E-state index contributed by atoms with van der Waals surface area (Å²) in [6.45, 7) is 0.916. The van der Waals surface area contributed by atoms with E-state index in [2.05, 4.69) is 11.4 Å². The van der Waals surface area contributed by atoms with Crippen molar-refractivity contribution in [2.45, 2.75) is 62.9 Å². The lowest BCUT2D eigenvalue weighted by molar-refractivity contribution is -0.125. The zero-order valence-corrected chi connectivity index (χ0v) is 12.1. The maximum absolute atomic E-state index is 12.2. The Bertz CT molecular complexity index is 368. The quantitative estimate of drug-likeness (QED) is 0.765. The Kier molecular flexibility index (Phi) is 5.38. The number of hydrogen-bond acceptors (Lipinski definition) is 4. The molecule has 0 bridgehead atoms. The topological polar surface area (TPSA) is 76.4 Å². The van der Waals surface area contributed by atoms with E-state index in [0.29, 0.717) is 19.1 Å². The van der Waals surface area contributed by atoms with Gasteiger partial charge in [-0.05, 0) is 25.7 Å². The van der Waals surface area contributed by atoms with Crippen molar-refractivity contribution in [2.24, 2.45) is 0 Å². The predicted molar refractivity (Wildman–Crippen MR) is 75.9 cm³/mol. The number of rotatable bonds is 6. The van der Waals surface area contributed by atoms with Crippen molar-refractivity contribution in [3.05, 3.63) is 0 Å². The molecule has 0 saturated heterocycles. The fourth-order valence-corrected chi connectivity index (χ4v) is 3.18. The van der Waals surface area contributed by atoms with Crippen LogP contribution in [0.25, 0.3) is 0 Å². The Balaban J connectivity index is 1.87. The number of carbonyl (C=O) groups excluding carboxylic acids is 1. The molecule has 2 aliphatic rings. The summed E-state index contributed by atoms with van der Waals surface area (Å²) in [5.41, 5.74) is -0.653. The van der Waals surface area contributed by atoms with Crippen molar-refractivity contribution in [3.8, 4) is 6.07 Å². The van der Waals surface area contributed by atoms with Crippen molar-refractivity contribution in [1.82, 2.24) is 10.2 Å². The summed E-state index contributed by atoms with van der Waals surface area (Å²) in [5.74, 6) is -0.0752. The van der Waals surface area contributed by atoms with Gasteiger partial charge in [0.1, 0.15) is 5.54 Å². The molecule has 2 rings (SSSR count). The molecular weight excluding hydrogens is 254 g/mol. The van der Waals surface area contributed by atoms with Gasteiger partial charge in [0.05, 0.1) is 19.2 Å². The highest BCUT2D eigenvalue weighted by Crippen LogP contribution is 2.28. The fraction of sp³-hybridized carbons (Fsp3) is 0.867. The molecule has 0 spiro atoms. The molecule has 0 atom stereocenters. The highest BCUT2D eigenvalue weighted by Gasteiger charge is 2.34. The van der Waals surface area contributed by atoms with Crippen LogP contribution in [0, 0.1) is 11.3 Å². The number of nitrogens with zero attached hydrogens (tertiary/aromatic N) is 2. The second-order valence-corrected chi connectivity index (χ2v) is 6.08. The molecule has 0 aliphatic heterocycles. The normalized spacial score (nSPS) is 22.1. The van der Waals surface area contributed by atoms with Gasteiger partial charge in [0.2, 0.25) is 5.91 Å². The number of aliphatic hydroxyl groups excluding tert-OH is 1. The van der Waals surface area contributed by atoms with Crippen LogP contribution in [0.5, 0.6) is 0 Å². The number of nitrogens with one attached hydrogen (secondary N) is 1. The molecule has 0 heterocycles. The van der Waals surface area contributed by atoms with Crippen LogP contribution in [0.1, 0.15) is 51.4 Å². The van der Waals surface area contributed by atoms with Crippen molar-refractivity contribution < 1.29 is 9.90 Å². The zero-order valence-electron chi connectivity index (χ0n) is 12.1. The Morgan fingerprint density at radius 2 is 2.00 bits per heavy atom. The number of amides is 1. The van der Waals surface area contributed by atoms with Crippen LogP contribution in [-0.2, 0) is 4.79 Å². The van der Waals surface area contributed by atoms with Crippen LogP contribution in [0.3, 0.4) is 0 Å². The van der Waals surface area contributed by atoms with E-state index in [1.807, 2.05) is 4.90 Å². The summed E-state index contributed by atoms with van der Waals surface area (Å²) in [7, 11) is 0. The van der Waals surface area contributed by atoms with E-state index in [0.717, 1.165) is 44.9 Å². The number of nitriles is 1. The number of carbonyl (C=O) groups is 1. The average molecular weight is 279 g/mol. The molecule has 2 fully saturated rings. The summed E-state index contributed by atoms with van der Waals surface area (Å²) >= 11 is 0. The first-order valence-electron chi connectivity index (χ1n) is 7.76. The first-order valence-corrected chi connectivity index (χ1v) is 7.76. The van der Waals surface area contributed by atoms with Crippen LogP contribution in [0.4, 0.5) is 0 Å². The molecule has 112 valence electrons. The Morgan fingerprint density at radius 1 is 1.30 bits per heavy atom. The van der Waals surface area contributed by atoms with E-state index in [1.165, 1.54) is 6.42 Å². The smallest absolute Gasteiger partial charge is 0.235 e. The van der Waals surface area contributed by atoms with Gasteiger partial charge in [0.15, 0.2) is 0 Å². The van der Waals surface area contributed by atoms with E-state index >= 15 is 0 Å². The highest BCUT2D eigenvalue weighted by molar-refractivity contribution is 5.79. The number of hydrogen-bond donors (Lipinski definition) is 2. The Hall–Kier alpha value is -1.12. The van der Waals surface area contributed by atoms with Crippen LogP contribution >= 0.6 is 0 Å². The summed E-state index contributed by atoms with van der Waals surface area (Å²) in [5, 5.41) is 21.4. The zero-order chi connectivity index (χ0) is 14.4. The van der Waals surface area contributed by atoms with Crippen molar-refractivity contribution in [1.29, 1.82) is 5.26 Å². The lowest BCUT2D eigenvalue weighted by Gasteiger charge is -2.38. The number of aliphatic hydroxyl groups is 1. The molecule has 2 N–H and O–H groups in total. The molecule has 0 aromatic carbocycles. The van der Waals surface area contributed by atoms with Gasteiger partial charge in [-0.1, -0.05) is 25.7 Å². The van der Waals surface area contributed by atoms with Gasteiger partial charge in [-0.2, -0.15) is 5.26 Å². The second kappa shape index (κ2) is 7.05. The molecule has 0 aromatic heterocycles. The summed E-state index contributed by atoms with van der Waals surface area (Å²) < 4.78 is 0. The maximum Gasteiger partial charge on any atom is 0.235 e. The summed E-state index contributed by atoms with van der Waals surface area (Å²) in [6, 6.07) is 2.74. The van der Waals surface area contributed by atoms with Gasteiger partial charge in [-0.15, -0.1) is 0 Å². The SMILES string of the molecule is N#CC1(NC(=O)CN(CCO)C2CCC2)CCCCC1. The average Bonchev–Trinajstić information content (AvgIpc) is 2.38. The summed E-state index contributed by atoms with van der Waals surface area (Å²) in [6.07, 6.45) is 8.12. The predicted octanol–water partition coefficient (Wildman–Crippen LogP) is 1.18. The maximum atomic E-state index is 12.2. The van der Waals surface area contributed by atoms with Crippen LogP contribution < -0.4 is 5.32 Å². The van der Waals surface area contributed by atoms with E-state index in [1.54, 1.807) is 0 Å². The minimum atomic E-state index is -0.653. The Morgan fingerprint density at radius 3 is 2.50 bits per heavy atom. The molecule has 0 radical (unpaired) electrons. The third kappa shape index (κ3) is 3.71. The molecule has 0 unspecified atom stereocenters. The van der Waals surface area contributed by atoms with Gasteiger partial charge in [0, 0.05) is 12.6 Å². The van der Waals surface area contributed by atoms with Crippen molar-refractivity contribution >= 4 is 5.91 Å². The standard InChI is InChI=1S/C15H25N3O2/c16-12-15(7-2-1-3-8-15)17-14(20)11-18(9-10-19)13-5-4-6-13/h13,19H,1-11H2,(H,17,20). The minimum absolute atomic E-state index is 0.0752. The van der Waals surface area contributed by atoms with Gasteiger partial charge in [-0.25, -0.2) is 0 Å². The molecule has 1 amide bonds. The second-order valence-electron chi connectivity index (χ2n) is 6.08. The van der Waals surface area contributed by atoms with Gasteiger partial charge in [0.25, 0.3) is 0 Å². The molecule has 0 aromatic rings. The lowest BCUT2D eigenvalue weighted by atomic mass is 9.83. The van der Waals surface area contributed by atoms with E-state index in [9.17, 15) is 10.1 Å². The van der Waals surface area contributed by atoms with Gasteiger partial charge >= 0.3 is 0 Å². The monoisotopic (exact) mass is 279 g/mol. The van der Waals surface area contributed by atoms with Crippen molar-refractivity contribution in [3.63, 3.8) is 0 Å². The molecule has 2 aliphatic carbocycles. The van der Waals surface area contributed by atoms with Crippen LogP contribution in [-0.4, -0.2) is 47.2 Å². The molecule has 2 saturated carbocycles. The summed E-state index contributed by atoms with van der Waals surface area (Å²) in [4.78, 5) is 14.3. The molecule has 20 heavy (non-hydrogen) atoms. The van der Waals surface area contributed by atoms with E-state index < -0.39 is 5.54 Å². The minimum Gasteiger partial charge on any atom is -0.395 e. The fourth-order valence-electron chi connectivity index (χ4n) is 3.18. The largest absolute Gasteiger partial charge is 0.395 e. The van der Waals surface area contributed by atoms with Crippen LogP contribution in [0.15, 0.2) is 0 Å². The van der Waals surface area contributed by atoms with Crippen molar-refractivity contribution in [2.75, 3.05) is 19.7 Å². The molecule has 5 nitrogen and oxygen atoms in total. The third-order valence-electron chi connectivity index (χ3n) is 4.62. The first kappa shape index (κ1) is 15.3. The van der Waals surface area contributed by atoms with E-state index in [4.69, 9.17) is 5.11 Å². The lowest BCUT2D eigenvalue weighted by Crippen LogP contribution is -2.53.